The van der Waals surface area contributed by atoms with Crippen LogP contribution in [0.5, 0.6) is 0 Å². The van der Waals surface area contributed by atoms with Gasteiger partial charge < -0.3 is 19.5 Å². The van der Waals surface area contributed by atoms with Gasteiger partial charge in [-0.05, 0) is 88.6 Å². The monoisotopic (exact) mass is 476 g/mol. The van der Waals surface area contributed by atoms with E-state index in [1.165, 1.54) is 22.4 Å². The highest BCUT2D eigenvalue weighted by atomic mass is 32.1. The second kappa shape index (κ2) is 9.58. The predicted molar refractivity (Wildman–Crippen MR) is 138 cm³/mol. The van der Waals surface area contributed by atoms with Crippen molar-refractivity contribution in [1.82, 2.24) is 19.8 Å². The maximum absolute atomic E-state index is 12.5. The zero-order chi connectivity index (χ0) is 24.6. The van der Waals surface area contributed by atoms with Crippen molar-refractivity contribution in [3.8, 4) is 5.69 Å². The summed E-state index contributed by atoms with van der Waals surface area (Å²) in [5, 5.41) is 3.95. The summed E-state index contributed by atoms with van der Waals surface area (Å²) in [6.07, 6.45) is 1.79. The quantitative estimate of drug-likeness (QED) is 0.401. The predicted octanol–water partition coefficient (Wildman–Crippen LogP) is 4.95. The Morgan fingerprint density at radius 1 is 1.12 bits per heavy atom. The van der Waals surface area contributed by atoms with Gasteiger partial charge in [-0.15, -0.1) is 0 Å². The molecule has 0 saturated carbocycles. The van der Waals surface area contributed by atoms with Crippen molar-refractivity contribution in [2.24, 2.45) is 0 Å². The van der Waals surface area contributed by atoms with E-state index in [2.05, 4.69) is 67.7 Å². The van der Waals surface area contributed by atoms with E-state index in [0.717, 1.165) is 22.6 Å². The first-order chi connectivity index (χ1) is 16.2. The van der Waals surface area contributed by atoms with E-state index in [-0.39, 0.29) is 24.6 Å². The van der Waals surface area contributed by atoms with Crippen LogP contribution >= 0.6 is 12.2 Å². The van der Waals surface area contributed by atoms with Crippen molar-refractivity contribution in [3.63, 3.8) is 0 Å². The molecular formula is C27H32N4O2S. The van der Waals surface area contributed by atoms with Gasteiger partial charge in [0, 0.05) is 17.6 Å². The standard InChI is InChI=1S/C27H32N4O2S/c1-7-33-23(32)15-30-26(24(29-27(30)34)22-10-8-9-11-28-22)21-14-19(5)31(20(21)6)25-17(3)12-16(2)13-18(25)4/h8-14,24,26H,7,15H2,1-6H3,(H,29,34)/t24-,26+/m1/s1. The van der Waals surface area contributed by atoms with Crippen LogP contribution in [-0.4, -0.2) is 38.7 Å². The average Bonchev–Trinajstić information content (AvgIpc) is 3.24. The van der Waals surface area contributed by atoms with E-state index in [1.807, 2.05) is 30.0 Å². The van der Waals surface area contributed by atoms with Crippen molar-refractivity contribution < 1.29 is 9.53 Å². The number of carbonyl (C=O) groups is 1. The minimum atomic E-state index is -0.294. The molecule has 1 aromatic carbocycles. The third-order valence-electron chi connectivity index (χ3n) is 6.45. The number of esters is 1. The third kappa shape index (κ3) is 4.32. The van der Waals surface area contributed by atoms with Crippen molar-refractivity contribution in [2.75, 3.05) is 13.2 Å². The van der Waals surface area contributed by atoms with E-state index < -0.39 is 0 Å². The molecule has 7 heteroatoms. The summed E-state index contributed by atoms with van der Waals surface area (Å²) in [4.78, 5) is 19.0. The van der Waals surface area contributed by atoms with Gasteiger partial charge in [-0.25, -0.2) is 0 Å². The Bertz CT molecular complexity index is 1210. The molecule has 6 nitrogen and oxygen atoms in total. The largest absolute Gasteiger partial charge is 0.465 e. The van der Waals surface area contributed by atoms with E-state index in [1.54, 1.807) is 6.20 Å². The lowest BCUT2D eigenvalue weighted by Gasteiger charge is -2.27. The Labute approximate surface area is 207 Å². The van der Waals surface area contributed by atoms with Crippen LogP contribution in [0, 0.1) is 34.6 Å². The minimum absolute atomic E-state index is 0.0833. The Morgan fingerprint density at radius 3 is 2.44 bits per heavy atom. The van der Waals surface area contributed by atoms with E-state index in [0.29, 0.717) is 11.7 Å². The number of rotatable bonds is 6. The zero-order valence-electron chi connectivity index (χ0n) is 20.7. The number of nitrogens with one attached hydrogen (secondary N) is 1. The fourth-order valence-electron chi connectivity index (χ4n) is 5.22. The number of nitrogens with zero attached hydrogens (tertiary/aromatic N) is 3. The molecule has 1 fully saturated rings. The van der Waals surface area contributed by atoms with Gasteiger partial charge >= 0.3 is 5.97 Å². The lowest BCUT2D eigenvalue weighted by atomic mass is 9.96. The molecule has 2 atom stereocenters. The van der Waals surface area contributed by atoms with Gasteiger partial charge in [0.25, 0.3) is 0 Å². The molecule has 3 heterocycles. The lowest BCUT2D eigenvalue weighted by molar-refractivity contribution is -0.143. The number of hydrogen-bond donors (Lipinski definition) is 1. The van der Waals surface area contributed by atoms with E-state index in [9.17, 15) is 4.79 Å². The molecule has 1 saturated heterocycles. The summed E-state index contributed by atoms with van der Waals surface area (Å²) in [7, 11) is 0. The molecule has 2 aromatic heterocycles. The van der Waals surface area contributed by atoms with Crippen LogP contribution in [0.1, 0.15) is 58.3 Å². The van der Waals surface area contributed by atoms with Gasteiger partial charge in [-0.2, -0.15) is 0 Å². The van der Waals surface area contributed by atoms with Crippen molar-refractivity contribution >= 4 is 23.3 Å². The number of carbonyl (C=O) groups excluding carboxylic acids is 1. The van der Waals surface area contributed by atoms with E-state index >= 15 is 0 Å². The summed E-state index contributed by atoms with van der Waals surface area (Å²) in [6.45, 7) is 12.9. The molecule has 1 aliphatic heterocycles. The van der Waals surface area contributed by atoms with Crippen LogP contribution in [0.15, 0.2) is 42.6 Å². The second-order valence-electron chi connectivity index (χ2n) is 8.97. The molecule has 3 aromatic rings. The van der Waals surface area contributed by atoms with Crippen LogP contribution in [0.25, 0.3) is 5.69 Å². The van der Waals surface area contributed by atoms with Gasteiger partial charge in [0.05, 0.1) is 30.1 Å². The lowest BCUT2D eigenvalue weighted by Crippen LogP contribution is -2.35. The molecule has 1 aliphatic rings. The van der Waals surface area contributed by atoms with Gasteiger partial charge in [-0.1, -0.05) is 23.8 Å². The number of aromatic nitrogens is 2. The first kappa shape index (κ1) is 24.0. The highest BCUT2D eigenvalue weighted by Crippen LogP contribution is 2.41. The van der Waals surface area contributed by atoms with Gasteiger partial charge in [0.2, 0.25) is 0 Å². The molecule has 1 N–H and O–H groups in total. The van der Waals surface area contributed by atoms with Crippen LogP contribution in [0.4, 0.5) is 0 Å². The summed E-state index contributed by atoms with van der Waals surface area (Å²) in [6, 6.07) is 12.1. The van der Waals surface area contributed by atoms with Crippen LogP contribution in [0.3, 0.4) is 0 Å². The molecular weight excluding hydrogens is 444 g/mol. The second-order valence-corrected chi connectivity index (χ2v) is 9.36. The van der Waals surface area contributed by atoms with Gasteiger partial charge in [0.1, 0.15) is 6.54 Å². The summed E-state index contributed by atoms with van der Waals surface area (Å²) >= 11 is 5.70. The highest BCUT2D eigenvalue weighted by Gasteiger charge is 2.42. The van der Waals surface area contributed by atoms with Crippen molar-refractivity contribution in [1.29, 1.82) is 0 Å². The number of aryl methyl sites for hydroxylation is 4. The number of benzene rings is 1. The molecule has 0 spiro atoms. The smallest absolute Gasteiger partial charge is 0.325 e. The normalized spacial score (nSPS) is 17.7. The van der Waals surface area contributed by atoms with E-state index in [4.69, 9.17) is 17.0 Å². The Hall–Kier alpha value is -3.19. The number of thiocarbonyl (C=S) groups is 1. The maximum Gasteiger partial charge on any atom is 0.325 e. The summed E-state index contributed by atoms with van der Waals surface area (Å²) < 4.78 is 7.58. The zero-order valence-corrected chi connectivity index (χ0v) is 21.5. The van der Waals surface area contributed by atoms with Crippen LogP contribution in [-0.2, 0) is 9.53 Å². The Balaban J connectivity index is 1.86. The van der Waals surface area contributed by atoms with Gasteiger partial charge in [0.15, 0.2) is 5.11 Å². The van der Waals surface area contributed by atoms with Crippen LogP contribution < -0.4 is 5.32 Å². The topological polar surface area (TPSA) is 59.4 Å². The fourth-order valence-corrected chi connectivity index (χ4v) is 5.52. The highest BCUT2D eigenvalue weighted by molar-refractivity contribution is 7.80. The number of ether oxygens (including phenoxy) is 1. The van der Waals surface area contributed by atoms with Crippen molar-refractivity contribution in [3.05, 3.63) is 81.9 Å². The molecule has 0 unspecified atom stereocenters. The first-order valence-electron chi connectivity index (χ1n) is 11.6. The molecule has 4 rings (SSSR count). The third-order valence-corrected chi connectivity index (χ3v) is 6.80. The van der Waals surface area contributed by atoms with Crippen molar-refractivity contribution in [2.45, 2.75) is 53.6 Å². The summed E-state index contributed by atoms with van der Waals surface area (Å²) in [5.41, 5.74) is 9.17. The molecule has 0 bridgehead atoms. The average molecular weight is 477 g/mol. The Morgan fingerprint density at radius 2 is 1.82 bits per heavy atom. The number of pyridine rings is 1. The van der Waals surface area contributed by atoms with Gasteiger partial charge in [-0.3, -0.25) is 9.78 Å². The number of hydrogen-bond acceptors (Lipinski definition) is 4. The first-order valence-corrected chi connectivity index (χ1v) is 12.0. The molecule has 178 valence electrons. The van der Waals surface area contributed by atoms with Crippen LogP contribution in [0.2, 0.25) is 0 Å². The summed E-state index contributed by atoms with van der Waals surface area (Å²) in [5.74, 6) is -0.294. The maximum atomic E-state index is 12.5. The Kier molecular flexibility index (Phi) is 6.75. The minimum Gasteiger partial charge on any atom is -0.465 e. The fraction of sp³-hybridized carbons (Fsp3) is 0.370. The molecule has 0 aliphatic carbocycles. The molecule has 0 radical (unpaired) electrons. The SMILES string of the molecule is CCOC(=O)CN1C(=S)N[C@H](c2ccccn2)[C@@H]1c1cc(C)n(-c2c(C)cc(C)cc2C)c1C. The molecule has 34 heavy (non-hydrogen) atoms. The molecule has 0 amide bonds.